The Bertz CT molecular complexity index is 320. The third kappa shape index (κ3) is 2.73. The van der Waals surface area contributed by atoms with Crippen molar-refractivity contribution in [3.8, 4) is 11.8 Å². The largest absolute Gasteiger partial charge is 0.318 e. The lowest BCUT2D eigenvalue weighted by Gasteiger charge is -1.91. The van der Waals surface area contributed by atoms with Crippen LogP contribution in [-0.4, -0.2) is 6.04 Å². The molecule has 0 aromatic heterocycles. The van der Waals surface area contributed by atoms with Gasteiger partial charge >= 0.3 is 0 Å². The van der Waals surface area contributed by atoms with Crippen LogP contribution in [0.3, 0.4) is 0 Å². The summed E-state index contributed by atoms with van der Waals surface area (Å²) >= 11 is 0. The smallest absolute Gasteiger partial charge is 0.124 e. The third-order valence-corrected chi connectivity index (χ3v) is 1.27. The summed E-state index contributed by atoms with van der Waals surface area (Å²) in [5.41, 5.74) is 6.07. The SMILES string of the molecule is CC(N)C#Cc1cccc(F)c1. The number of rotatable bonds is 0. The lowest BCUT2D eigenvalue weighted by atomic mass is 10.2. The first kappa shape index (κ1) is 8.76. The molecular weight excluding hydrogens is 153 g/mol. The van der Waals surface area contributed by atoms with Crippen LogP contribution in [0.4, 0.5) is 4.39 Å². The molecule has 0 spiro atoms. The molecule has 1 aromatic rings. The zero-order valence-electron chi connectivity index (χ0n) is 6.84. The highest BCUT2D eigenvalue weighted by atomic mass is 19.1. The standard InChI is InChI=1S/C10H10FN/c1-8(12)5-6-9-3-2-4-10(11)7-9/h2-4,7-8H,12H2,1H3. The van der Waals surface area contributed by atoms with Gasteiger partial charge in [-0.3, -0.25) is 0 Å². The van der Waals surface area contributed by atoms with E-state index in [0.29, 0.717) is 5.56 Å². The minimum Gasteiger partial charge on any atom is -0.318 e. The van der Waals surface area contributed by atoms with Crippen molar-refractivity contribution < 1.29 is 4.39 Å². The maximum atomic E-state index is 12.6. The van der Waals surface area contributed by atoms with E-state index in [0.717, 1.165) is 0 Å². The molecule has 0 aliphatic carbocycles. The van der Waals surface area contributed by atoms with Crippen molar-refractivity contribution in [1.82, 2.24) is 0 Å². The molecule has 1 nitrogen and oxygen atoms in total. The van der Waals surface area contributed by atoms with Gasteiger partial charge in [-0.2, -0.15) is 0 Å². The number of hydrogen-bond donors (Lipinski definition) is 1. The second-order valence-corrected chi connectivity index (χ2v) is 2.57. The van der Waals surface area contributed by atoms with Crippen molar-refractivity contribution in [2.45, 2.75) is 13.0 Å². The van der Waals surface area contributed by atoms with E-state index in [4.69, 9.17) is 5.73 Å². The van der Waals surface area contributed by atoms with Gasteiger partial charge in [0.05, 0.1) is 6.04 Å². The summed E-state index contributed by atoms with van der Waals surface area (Å²) in [5, 5.41) is 0. The Labute approximate surface area is 71.4 Å². The average Bonchev–Trinajstić information content (AvgIpc) is 2.01. The predicted octanol–water partition coefficient (Wildman–Crippen LogP) is 1.52. The van der Waals surface area contributed by atoms with E-state index in [-0.39, 0.29) is 11.9 Å². The van der Waals surface area contributed by atoms with Gasteiger partial charge in [-0.15, -0.1) is 0 Å². The van der Waals surface area contributed by atoms with Gasteiger partial charge in [0.25, 0.3) is 0 Å². The van der Waals surface area contributed by atoms with E-state index in [1.165, 1.54) is 12.1 Å². The molecule has 0 radical (unpaired) electrons. The molecule has 0 heterocycles. The summed E-state index contributed by atoms with van der Waals surface area (Å²) in [6, 6.07) is 5.97. The van der Waals surface area contributed by atoms with Gasteiger partial charge in [0.15, 0.2) is 0 Å². The van der Waals surface area contributed by atoms with Gasteiger partial charge in [0, 0.05) is 5.56 Å². The third-order valence-electron chi connectivity index (χ3n) is 1.27. The molecule has 0 fully saturated rings. The lowest BCUT2D eigenvalue weighted by molar-refractivity contribution is 0.627. The van der Waals surface area contributed by atoms with Crippen LogP contribution in [0.25, 0.3) is 0 Å². The van der Waals surface area contributed by atoms with E-state index in [9.17, 15) is 4.39 Å². The Morgan fingerprint density at radius 1 is 1.50 bits per heavy atom. The molecule has 1 aromatic carbocycles. The molecule has 12 heavy (non-hydrogen) atoms. The summed E-state index contributed by atoms with van der Waals surface area (Å²) in [5.74, 6) is 5.25. The summed E-state index contributed by atoms with van der Waals surface area (Å²) in [4.78, 5) is 0. The summed E-state index contributed by atoms with van der Waals surface area (Å²) < 4.78 is 12.6. The molecule has 1 atom stereocenters. The zero-order valence-corrected chi connectivity index (χ0v) is 6.84. The van der Waals surface area contributed by atoms with Gasteiger partial charge in [0.1, 0.15) is 5.82 Å². The Morgan fingerprint density at radius 2 is 2.25 bits per heavy atom. The molecule has 2 heteroatoms. The van der Waals surface area contributed by atoms with Crippen LogP contribution in [0.5, 0.6) is 0 Å². The van der Waals surface area contributed by atoms with Crippen LogP contribution in [0.15, 0.2) is 24.3 Å². The fraction of sp³-hybridized carbons (Fsp3) is 0.200. The maximum absolute atomic E-state index is 12.6. The summed E-state index contributed by atoms with van der Waals surface area (Å²) in [6.45, 7) is 1.78. The Balaban J connectivity index is 2.85. The monoisotopic (exact) mass is 163 g/mol. The van der Waals surface area contributed by atoms with Gasteiger partial charge in [-0.1, -0.05) is 17.9 Å². The van der Waals surface area contributed by atoms with E-state index < -0.39 is 0 Å². The molecule has 0 bridgehead atoms. The van der Waals surface area contributed by atoms with E-state index in [2.05, 4.69) is 11.8 Å². The predicted molar refractivity (Wildman–Crippen MR) is 46.9 cm³/mol. The molecule has 0 saturated carbocycles. The minimum absolute atomic E-state index is 0.173. The lowest BCUT2D eigenvalue weighted by Crippen LogP contribution is -2.10. The molecule has 2 N–H and O–H groups in total. The van der Waals surface area contributed by atoms with Crippen molar-refractivity contribution >= 4 is 0 Å². The van der Waals surface area contributed by atoms with Crippen LogP contribution in [0.2, 0.25) is 0 Å². The van der Waals surface area contributed by atoms with E-state index in [1.54, 1.807) is 19.1 Å². The number of benzene rings is 1. The average molecular weight is 163 g/mol. The van der Waals surface area contributed by atoms with Crippen LogP contribution >= 0.6 is 0 Å². The number of nitrogens with two attached hydrogens (primary N) is 1. The fourth-order valence-electron chi connectivity index (χ4n) is 0.763. The van der Waals surface area contributed by atoms with Crippen LogP contribution in [0.1, 0.15) is 12.5 Å². The highest BCUT2D eigenvalue weighted by molar-refractivity contribution is 5.34. The zero-order chi connectivity index (χ0) is 8.97. The molecule has 0 amide bonds. The summed E-state index contributed by atoms with van der Waals surface area (Å²) in [7, 11) is 0. The van der Waals surface area contributed by atoms with Crippen molar-refractivity contribution in [3.63, 3.8) is 0 Å². The van der Waals surface area contributed by atoms with Gasteiger partial charge < -0.3 is 5.73 Å². The van der Waals surface area contributed by atoms with E-state index in [1.807, 2.05) is 0 Å². The quantitative estimate of drug-likeness (QED) is 0.576. The topological polar surface area (TPSA) is 26.0 Å². The Morgan fingerprint density at radius 3 is 2.83 bits per heavy atom. The second-order valence-electron chi connectivity index (χ2n) is 2.57. The Kier molecular flexibility index (Phi) is 2.84. The van der Waals surface area contributed by atoms with Crippen molar-refractivity contribution in [1.29, 1.82) is 0 Å². The first-order valence-electron chi connectivity index (χ1n) is 3.71. The van der Waals surface area contributed by atoms with Gasteiger partial charge in [-0.05, 0) is 25.1 Å². The number of halogens is 1. The molecule has 1 rings (SSSR count). The number of hydrogen-bond acceptors (Lipinski definition) is 1. The summed E-state index contributed by atoms with van der Waals surface area (Å²) in [6.07, 6.45) is 0. The second kappa shape index (κ2) is 3.89. The molecule has 1 unspecified atom stereocenters. The van der Waals surface area contributed by atoms with Crippen molar-refractivity contribution in [3.05, 3.63) is 35.6 Å². The van der Waals surface area contributed by atoms with Crippen molar-refractivity contribution in [2.75, 3.05) is 0 Å². The minimum atomic E-state index is -0.272. The Hall–Kier alpha value is -1.33. The molecule has 0 aliphatic rings. The van der Waals surface area contributed by atoms with Gasteiger partial charge in [0.2, 0.25) is 0 Å². The van der Waals surface area contributed by atoms with Crippen LogP contribution in [-0.2, 0) is 0 Å². The molecule has 0 saturated heterocycles. The molecule has 0 aliphatic heterocycles. The van der Waals surface area contributed by atoms with Crippen LogP contribution in [0, 0.1) is 17.7 Å². The van der Waals surface area contributed by atoms with Crippen molar-refractivity contribution in [2.24, 2.45) is 5.73 Å². The molecular formula is C10H10FN. The van der Waals surface area contributed by atoms with Crippen LogP contribution < -0.4 is 5.73 Å². The fourth-order valence-corrected chi connectivity index (χ4v) is 0.763. The van der Waals surface area contributed by atoms with Gasteiger partial charge in [-0.25, -0.2) is 4.39 Å². The van der Waals surface area contributed by atoms with E-state index >= 15 is 0 Å². The highest BCUT2D eigenvalue weighted by Gasteiger charge is 1.89. The highest BCUT2D eigenvalue weighted by Crippen LogP contribution is 2.00. The normalized spacial score (nSPS) is 11.6. The first-order chi connectivity index (χ1) is 5.68. The maximum Gasteiger partial charge on any atom is 0.124 e. The molecule has 62 valence electrons. The first-order valence-corrected chi connectivity index (χ1v) is 3.71.